The van der Waals surface area contributed by atoms with Crippen LogP contribution in [0.1, 0.15) is 23.3 Å². The van der Waals surface area contributed by atoms with Gasteiger partial charge in [0.15, 0.2) is 5.96 Å². The quantitative estimate of drug-likeness (QED) is 0.388. The number of nitrogens with one attached hydrogen (secondary N) is 1. The molecule has 0 bridgehead atoms. The smallest absolute Gasteiger partial charge is 0.194 e. The molecule has 152 valence electrons. The van der Waals surface area contributed by atoms with E-state index in [1.807, 2.05) is 18.2 Å². The number of furan rings is 1. The van der Waals surface area contributed by atoms with E-state index in [0.717, 1.165) is 75.9 Å². The lowest BCUT2D eigenvalue weighted by atomic mass is 10.00. The normalized spacial score (nSPS) is 19.2. The average molecular weight is 499 g/mol. The van der Waals surface area contributed by atoms with Crippen molar-refractivity contribution in [3.8, 4) is 0 Å². The second-order valence-corrected chi connectivity index (χ2v) is 7.23. The van der Waals surface area contributed by atoms with Gasteiger partial charge in [-0.2, -0.15) is 0 Å². The molecule has 0 amide bonds. The van der Waals surface area contributed by atoms with Crippen LogP contribution in [0, 0.1) is 11.7 Å². The summed E-state index contributed by atoms with van der Waals surface area (Å²) in [6.45, 7) is 4.76. The Kier molecular flexibility index (Phi) is 7.73. The van der Waals surface area contributed by atoms with Crippen LogP contribution < -0.4 is 5.32 Å². The summed E-state index contributed by atoms with van der Waals surface area (Å²) in [6.07, 6.45) is 4.42. The monoisotopic (exact) mass is 499 g/mol. The molecular formula is C21H27FIN3O2. The number of guanidine groups is 1. The first-order valence-electron chi connectivity index (χ1n) is 9.68. The highest BCUT2D eigenvalue weighted by Crippen LogP contribution is 2.20. The second-order valence-electron chi connectivity index (χ2n) is 7.23. The SMILES string of the molecule is Fc1ccc2c(c1)CCN(C(=NCC1CCOC1)NCCc1ccco1)C2.I. The fourth-order valence-electron chi connectivity index (χ4n) is 3.67. The predicted octanol–water partition coefficient (Wildman–Crippen LogP) is 3.62. The number of benzene rings is 1. The van der Waals surface area contributed by atoms with Crippen molar-refractivity contribution in [3.63, 3.8) is 0 Å². The van der Waals surface area contributed by atoms with Crippen LogP contribution in [-0.4, -0.2) is 43.7 Å². The van der Waals surface area contributed by atoms with Crippen LogP contribution in [0.15, 0.2) is 46.0 Å². The lowest BCUT2D eigenvalue weighted by molar-refractivity contribution is 0.187. The first kappa shape index (κ1) is 21.1. The molecule has 2 aliphatic rings. The number of ether oxygens (including phenoxy) is 1. The highest BCUT2D eigenvalue weighted by Gasteiger charge is 2.21. The van der Waals surface area contributed by atoms with Gasteiger partial charge in [0.05, 0.1) is 12.9 Å². The second kappa shape index (κ2) is 10.2. The lowest BCUT2D eigenvalue weighted by Gasteiger charge is -2.32. The first-order chi connectivity index (χ1) is 13.3. The fraction of sp³-hybridized carbons (Fsp3) is 0.476. The minimum absolute atomic E-state index is 0. The van der Waals surface area contributed by atoms with Crippen LogP contribution in [0.2, 0.25) is 0 Å². The summed E-state index contributed by atoms with van der Waals surface area (Å²) in [4.78, 5) is 7.15. The molecule has 7 heteroatoms. The van der Waals surface area contributed by atoms with Crippen molar-refractivity contribution >= 4 is 29.9 Å². The molecule has 1 aromatic heterocycles. The van der Waals surface area contributed by atoms with Crippen molar-refractivity contribution in [2.24, 2.45) is 10.9 Å². The van der Waals surface area contributed by atoms with Gasteiger partial charge in [-0.1, -0.05) is 6.07 Å². The third-order valence-corrected chi connectivity index (χ3v) is 5.24. The maximum absolute atomic E-state index is 13.5. The van der Waals surface area contributed by atoms with Crippen LogP contribution in [0.5, 0.6) is 0 Å². The molecule has 0 aliphatic carbocycles. The van der Waals surface area contributed by atoms with Gasteiger partial charge in [0.25, 0.3) is 0 Å². The summed E-state index contributed by atoms with van der Waals surface area (Å²) < 4.78 is 24.4. The van der Waals surface area contributed by atoms with Gasteiger partial charge in [-0.05, 0) is 48.2 Å². The summed E-state index contributed by atoms with van der Waals surface area (Å²) in [5.41, 5.74) is 2.28. The molecule has 2 aliphatic heterocycles. The molecule has 2 aromatic rings. The molecule has 0 saturated carbocycles. The zero-order valence-electron chi connectivity index (χ0n) is 15.9. The fourth-order valence-corrected chi connectivity index (χ4v) is 3.67. The van der Waals surface area contributed by atoms with Gasteiger partial charge in [0.1, 0.15) is 11.6 Å². The Hall–Kier alpha value is -1.61. The van der Waals surface area contributed by atoms with Crippen LogP contribution in [0.4, 0.5) is 4.39 Å². The number of halogens is 2. The van der Waals surface area contributed by atoms with E-state index < -0.39 is 0 Å². The molecule has 4 rings (SSSR count). The molecule has 5 nitrogen and oxygen atoms in total. The Labute approximate surface area is 182 Å². The van der Waals surface area contributed by atoms with Gasteiger partial charge in [-0.25, -0.2) is 4.39 Å². The van der Waals surface area contributed by atoms with Crippen LogP contribution >= 0.6 is 24.0 Å². The van der Waals surface area contributed by atoms with E-state index in [9.17, 15) is 4.39 Å². The predicted molar refractivity (Wildman–Crippen MR) is 118 cm³/mol. The standard InChI is InChI=1S/C21H26FN3O2.HI/c22-19-4-3-18-14-25(9-6-17(18)12-19)21(24-13-16-7-11-26-15-16)23-8-5-20-2-1-10-27-20;/h1-4,10,12,16H,5-9,11,13-15H2,(H,23,24);1H. The summed E-state index contributed by atoms with van der Waals surface area (Å²) in [6, 6.07) is 8.98. The van der Waals surface area contributed by atoms with Gasteiger partial charge < -0.3 is 19.4 Å². The third-order valence-electron chi connectivity index (χ3n) is 5.24. The summed E-state index contributed by atoms with van der Waals surface area (Å²) in [5, 5.41) is 3.49. The van der Waals surface area contributed by atoms with Crippen LogP contribution in [0.3, 0.4) is 0 Å². The van der Waals surface area contributed by atoms with E-state index in [-0.39, 0.29) is 29.8 Å². The third kappa shape index (κ3) is 5.47. The van der Waals surface area contributed by atoms with E-state index in [1.165, 1.54) is 5.56 Å². The molecule has 28 heavy (non-hydrogen) atoms. The van der Waals surface area contributed by atoms with Crippen molar-refractivity contribution in [3.05, 3.63) is 59.3 Å². The molecule has 1 fully saturated rings. The Morgan fingerprint density at radius 3 is 3.00 bits per heavy atom. The highest BCUT2D eigenvalue weighted by molar-refractivity contribution is 14.0. The van der Waals surface area contributed by atoms with E-state index in [0.29, 0.717) is 5.92 Å². The minimum Gasteiger partial charge on any atom is -0.469 e. The molecule has 3 heterocycles. The van der Waals surface area contributed by atoms with Crippen molar-refractivity contribution in [1.82, 2.24) is 10.2 Å². The molecule has 1 saturated heterocycles. The number of hydrogen-bond acceptors (Lipinski definition) is 3. The van der Waals surface area contributed by atoms with Crippen LogP contribution in [0.25, 0.3) is 0 Å². The van der Waals surface area contributed by atoms with Gasteiger partial charge >= 0.3 is 0 Å². The summed E-state index contributed by atoms with van der Waals surface area (Å²) >= 11 is 0. The first-order valence-corrected chi connectivity index (χ1v) is 9.68. The number of hydrogen-bond donors (Lipinski definition) is 1. The van der Waals surface area contributed by atoms with Crippen molar-refractivity contribution in [2.45, 2.75) is 25.8 Å². The zero-order chi connectivity index (χ0) is 18.5. The van der Waals surface area contributed by atoms with Gasteiger partial charge in [0, 0.05) is 45.1 Å². The molecule has 0 spiro atoms. The topological polar surface area (TPSA) is 50.0 Å². The largest absolute Gasteiger partial charge is 0.469 e. The highest BCUT2D eigenvalue weighted by atomic mass is 127. The molecule has 0 radical (unpaired) electrons. The lowest BCUT2D eigenvalue weighted by Crippen LogP contribution is -2.45. The van der Waals surface area contributed by atoms with Crippen LogP contribution in [-0.2, 0) is 24.1 Å². The Bertz CT molecular complexity index is 776. The number of nitrogens with zero attached hydrogens (tertiary/aromatic N) is 2. The van der Waals surface area contributed by atoms with Gasteiger partial charge in [-0.3, -0.25) is 4.99 Å². The van der Waals surface area contributed by atoms with E-state index >= 15 is 0 Å². The maximum Gasteiger partial charge on any atom is 0.194 e. The van der Waals surface area contributed by atoms with Crippen molar-refractivity contribution in [1.29, 1.82) is 0 Å². The molecule has 1 atom stereocenters. The Balaban J connectivity index is 0.00000225. The summed E-state index contributed by atoms with van der Waals surface area (Å²) in [5.74, 6) is 2.22. The van der Waals surface area contributed by atoms with Gasteiger partial charge in [0.2, 0.25) is 0 Å². The Morgan fingerprint density at radius 1 is 1.29 bits per heavy atom. The zero-order valence-corrected chi connectivity index (χ0v) is 18.2. The van der Waals surface area contributed by atoms with Crippen molar-refractivity contribution in [2.75, 3.05) is 32.8 Å². The van der Waals surface area contributed by atoms with E-state index in [1.54, 1.807) is 18.4 Å². The van der Waals surface area contributed by atoms with E-state index in [4.69, 9.17) is 14.1 Å². The number of aliphatic imine (C=N–C) groups is 1. The number of fused-ring (bicyclic) bond motifs is 1. The summed E-state index contributed by atoms with van der Waals surface area (Å²) in [7, 11) is 0. The number of rotatable bonds is 5. The molecule has 1 aromatic carbocycles. The maximum atomic E-state index is 13.5. The molecular weight excluding hydrogens is 472 g/mol. The molecule has 1 unspecified atom stereocenters. The Morgan fingerprint density at radius 2 is 2.21 bits per heavy atom. The van der Waals surface area contributed by atoms with Gasteiger partial charge in [-0.15, -0.1) is 24.0 Å². The molecule has 1 N–H and O–H groups in total. The average Bonchev–Trinajstić information content (AvgIpc) is 3.38. The minimum atomic E-state index is -0.158. The van der Waals surface area contributed by atoms with E-state index in [2.05, 4.69) is 10.2 Å². The van der Waals surface area contributed by atoms with Crippen molar-refractivity contribution < 1.29 is 13.5 Å².